The van der Waals surface area contributed by atoms with Crippen LogP contribution in [0, 0.1) is 0 Å². The van der Waals surface area contributed by atoms with E-state index in [9.17, 15) is 4.79 Å². The van der Waals surface area contributed by atoms with Crippen LogP contribution >= 0.6 is 0 Å². The Morgan fingerprint density at radius 3 is 2.37 bits per heavy atom. The molecule has 0 saturated carbocycles. The smallest absolute Gasteiger partial charge is 0.350 e. The van der Waals surface area contributed by atoms with Gasteiger partial charge in [-0.2, -0.15) is 5.10 Å². The van der Waals surface area contributed by atoms with Crippen LogP contribution in [0.5, 0.6) is 5.75 Å². The molecular weight excluding hydrogens is 340 g/mol. The third kappa shape index (κ3) is 3.95. The number of piperidine rings is 1. The van der Waals surface area contributed by atoms with Gasteiger partial charge < -0.3 is 10.1 Å². The molecule has 3 aromatic rings. The van der Waals surface area contributed by atoms with Gasteiger partial charge in [0.2, 0.25) is 0 Å². The van der Waals surface area contributed by atoms with Crippen molar-refractivity contribution in [1.82, 2.24) is 19.7 Å². The van der Waals surface area contributed by atoms with Gasteiger partial charge in [0.1, 0.15) is 18.2 Å². The summed E-state index contributed by atoms with van der Waals surface area (Å²) in [4.78, 5) is 13.1. The number of nitrogens with one attached hydrogen (secondary N) is 1. The molecule has 0 atom stereocenters. The minimum absolute atomic E-state index is 0.105. The summed E-state index contributed by atoms with van der Waals surface area (Å²) in [5, 5.41) is 8.08. The number of hydrogen-bond acceptors (Lipinski definition) is 4. The van der Waals surface area contributed by atoms with E-state index in [4.69, 9.17) is 9.84 Å². The molecule has 0 radical (unpaired) electrons. The molecule has 1 saturated heterocycles. The molecule has 1 aliphatic rings. The lowest BCUT2D eigenvalue weighted by molar-refractivity contribution is 0.288. The van der Waals surface area contributed by atoms with E-state index >= 15 is 0 Å². The van der Waals surface area contributed by atoms with Gasteiger partial charge in [-0.25, -0.2) is 14.0 Å². The number of rotatable bonds is 6. The zero-order valence-electron chi connectivity index (χ0n) is 15.3. The predicted molar refractivity (Wildman–Crippen MR) is 105 cm³/mol. The van der Waals surface area contributed by atoms with Crippen LogP contribution in [0.2, 0.25) is 0 Å². The van der Waals surface area contributed by atoms with Gasteiger partial charge in [-0.05, 0) is 50.2 Å². The topological polar surface area (TPSA) is 61.1 Å². The highest BCUT2D eigenvalue weighted by Gasteiger charge is 2.24. The van der Waals surface area contributed by atoms with Gasteiger partial charge in [0, 0.05) is 5.92 Å². The van der Waals surface area contributed by atoms with Crippen molar-refractivity contribution in [1.29, 1.82) is 0 Å². The van der Waals surface area contributed by atoms with Crippen LogP contribution in [-0.4, -0.2) is 34.0 Å². The number of nitrogens with zero attached hydrogens (tertiary/aromatic N) is 3. The standard InChI is InChI=1S/C21H24N4O2/c26-21-24(15-16-27-19-9-5-2-6-10-19)23-20(17-11-13-22-14-12-17)25(21)18-7-3-1-4-8-18/h1-10,17,22H,11-16H2. The Balaban J connectivity index is 1.60. The highest BCUT2D eigenvalue weighted by atomic mass is 16.5. The molecule has 2 heterocycles. The molecule has 6 nitrogen and oxygen atoms in total. The Bertz CT molecular complexity index is 912. The van der Waals surface area contributed by atoms with Crippen LogP contribution in [0.15, 0.2) is 65.5 Å². The molecule has 0 spiro atoms. The minimum atomic E-state index is -0.105. The Morgan fingerprint density at radius 2 is 1.67 bits per heavy atom. The van der Waals surface area contributed by atoms with Gasteiger partial charge in [-0.1, -0.05) is 36.4 Å². The average Bonchev–Trinajstić information content (AvgIpc) is 3.06. The molecule has 0 unspecified atom stereocenters. The van der Waals surface area contributed by atoms with E-state index in [1.54, 1.807) is 4.57 Å². The van der Waals surface area contributed by atoms with Gasteiger partial charge in [0.05, 0.1) is 12.2 Å². The summed E-state index contributed by atoms with van der Waals surface area (Å²) in [5.41, 5.74) is 0.762. The summed E-state index contributed by atoms with van der Waals surface area (Å²) in [7, 11) is 0. The molecule has 2 aromatic carbocycles. The first kappa shape index (κ1) is 17.5. The van der Waals surface area contributed by atoms with Gasteiger partial charge >= 0.3 is 5.69 Å². The number of para-hydroxylation sites is 2. The maximum atomic E-state index is 13.1. The van der Waals surface area contributed by atoms with E-state index in [1.165, 1.54) is 4.68 Å². The van der Waals surface area contributed by atoms with E-state index in [0.29, 0.717) is 13.2 Å². The highest BCUT2D eigenvalue weighted by molar-refractivity contribution is 5.33. The molecule has 6 heteroatoms. The van der Waals surface area contributed by atoms with Crippen molar-refractivity contribution in [3.8, 4) is 11.4 Å². The fourth-order valence-electron chi connectivity index (χ4n) is 3.50. The van der Waals surface area contributed by atoms with Crippen molar-refractivity contribution < 1.29 is 4.74 Å². The molecule has 1 N–H and O–H groups in total. The van der Waals surface area contributed by atoms with E-state index < -0.39 is 0 Å². The summed E-state index contributed by atoms with van der Waals surface area (Å²) < 4.78 is 9.04. The van der Waals surface area contributed by atoms with Crippen LogP contribution in [0.25, 0.3) is 5.69 Å². The van der Waals surface area contributed by atoms with Crippen LogP contribution in [0.1, 0.15) is 24.6 Å². The normalized spacial score (nSPS) is 15.0. The van der Waals surface area contributed by atoms with Crippen LogP contribution in [-0.2, 0) is 6.54 Å². The first-order chi connectivity index (χ1) is 13.3. The lowest BCUT2D eigenvalue weighted by Crippen LogP contribution is -2.29. The fraction of sp³-hybridized carbons (Fsp3) is 0.333. The molecule has 27 heavy (non-hydrogen) atoms. The molecule has 0 amide bonds. The monoisotopic (exact) mass is 364 g/mol. The molecule has 0 bridgehead atoms. The van der Waals surface area contributed by atoms with E-state index in [-0.39, 0.29) is 11.6 Å². The van der Waals surface area contributed by atoms with E-state index in [0.717, 1.165) is 43.2 Å². The second kappa shape index (κ2) is 8.22. The summed E-state index contributed by atoms with van der Waals surface area (Å²) >= 11 is 0. The zero-order chi connectivity index (χ0) is 18.5. The molecule has 1 aromatic heterocycles. The van der Waals surface area contributed by atoms with E-state index in [2.05, 4.69) is 5.32 Å². The second-order valence-electron chi connectivity index (χ2n) is 6.72. The second-order valence-corrected chi connectivity index (χ2v) is 6.72. The number of ether oxygens (including phenoxy) is 1. The van der Waals surface area contributed by atoms with Crippen molar-refractivity contribution >= 4 is 0 Å². The summed E-state index contributed by atoms with van der Waals surface area (Å²) in [5.74, 6) is 1.94. The zero-order valence-corrected chi connectivity index (χ0v) is 15.3. The first-order valence-electron chi connectivity index (χ1n) is 9.46. The lowest BCUT2D eigenvalue weighted by Gasteiger charge is -2.22. The maximum Gasteiger partial charge on any atom is 0.350 e. The van der Waals surface area contributed by atoms with Crippen molar-refractivity contribution in [3.63, 3.8) is 0 Å². The first-order valence-corrected chi connectivity index (χ1v) is 9.46. The maximum absolute atomic E-state index is 13.1. The van der Waals surface area contributed by atoms with Crippen molar-refractivity contribution in [2.24, 2.45) is 0 Å². The van der Waals surface area contributed by atoms with Crippen molar-refractivity contribution in [2.45, 2.75) is 25.3 Å². The van der Waals surface area contributed by atoms with Crippen LogP contribution in [0.3, 0.4) is 0 Å². The van der Waals surface area contributed by atoms with Crippen LogP contribution < -0.4 is 15.7 Å². The predicted octanol–water partition coefficient (Wildman–Crippen LogP) is 2.58. The van der Waals surface area contributed by atoms with E-state index in [1.807, 2.05) is 60.7 Å². The van der Waals surface area contributed by atoms with Crippen molar-refractivity contribution in [3.05, 3.63) is 77.0 Å². The minimum Gasteiger partial charge on any atom is -0.492 e. The number of benzene rings is 2. The summed E-state index contributed by atoms with van der Waals surface area (Å²) in [6.07, 6.45) is 1.98. The quantitative estimate of drug-likeness (QED) is 0.730. The molecule has 1 aliphatic heterocycles. The third-order valence-corrected chi connectivity index (χ3v) is 4.90. The lowest BCUT2D eigenvalue weighted by atomic mass is 9.97. The number of hydrogen-bond donors (Lipinski definition) is 1. The Kier molecular flexibility index (Phi) is 5.34. The molecular formula is C21H24N4O2. The molecule has 0 aliphatic carbocycles. The molecule has 4 rings (SSSR count). The van der Waals surface area contributed by atoms with Gasteiger partial charge in [-0.3, -0.25) is 0 Å². The summed E-state index contributed by atoms with van der Waals surface area (Å²) in [6.45, 7) is 2.74. The molecule has 1 fully saturated rings. The van der Waals surface area contributed by atoms with Crippen LogP contribution in [0.4, 0.5) is 0 Å². The summed E-state index contributed by atoms with van der Waals surface area (Å²) in [6, 6.07) is 19.4. The molecule has 140 valence electrons. The average molecular weight is 364 g/mol. The third-order valence-electron chi connectivity index (χ3n) is 4.90. The van der Waals surface area contributed by atoms with Gasteiger partial charge in [0.25, 0.3) is 0 Å². The highest BCUT2D eigenvalue weighted by Crippen LogP contribution is 2.24. The van der Waals surface area contributed by atoms with Gasteiger partial charge in [-0.15, -0.1) is 0 Å². The van der Waals surface area contributed by atoms with Gasteiger partial charge in [0.15, 0.2) is 0 Å². The largest absolute Gasteiger partial charge is 0.492 e. The number of aromatic nitrogens is 3. The van der Waals surface area contributed by atoms with Crippen molar-refractivity contribution in [2.75, 3.05) is 19.7 Å². The Hall–Kier alpha value is -2.86. The fourth-order valence-corrected chi connectivity index (χ4v) is 3.50. The Labute approximate surface area is 158 Å². The Morgan fingerprint density at radius 1 is 1.00 bits per heavy atom. The SMILES string of the molecule is O=c1n(CCOc2ccccc2)nc(C2CCNCC2)n1-c1ccccc1.